The summed E-state index contributed by atoms with van der Waals surface area (Å²) in [5.74, 6) is 0.785. The third-order valence-electron chi connectivity index (χ3n) is 4.08. The minimum absolute atomic E-state index is 0.0108. The molecule has 5 heteroatoms. The second-order valence-electron chi connectivity index (χ2n) is 5.68. The van der Waals surface area contributed by atoms with E-state index >= 15 is 0 Å². The van der Waals surface area contributed by atoms with Gasteiger partial charge in [-0.05, 0) is 24.6 Å². The van der Waals surface area contributed by atoms with Gasteiger partial charge in [-0.25, -0.2) is 4.68 Å². The SMILES string of the molecule is COc1c(CNC(c2ccccc2)c2ccccn2)c(C)nn1C. The molecule has 2 heterocycles. The molecule has 1 unspecified atom stereocenters. The second-order valence-corrected chi connectivity index (χ2v) is 5.68. The van der Waals surface area contributed by atoms with E-state index in [9.17, 15) is 0 Å². The lowest BCUT2D eigenvalue weighted by Crippen LogP contribution is -2.23. The van der Waals surface area contributed by atoms with Crippen LogP contribution in [-0.2, 0) is 13.6 Å². The van der Waals surface area contributed by atoms with Crippen molar-refractivity contribution in [3.8, 4) is 5.88 Å². The van der Waals surface area contributed by atoms with Crippen molar-refractivity contribution < 1.29 is 4.74 Å². The van der Waals surface area contributed by atoms with E-state index < -0.39 is 0 Å². The molecule has 0 amide bonds. The molecule has 0 saturated heterocycles. The van der Waals surface area contributed by atoms with Gasteiger partial charge in [-0.3, -0.25) is 4.98 Å². The van der Waals surface area contributed by atoms with Gasteiger partial charge in [-0.2, -0.15) is 5.10 Å². The molecule has 1 N–H and O–H groups in total. The second kappa shape index (κ2) is 7.27. The van der Waals surface area contributed by atoms with Crippen molar-refractivity contribution in [2.45, 2.75) is 19.5 Å². The first-order valence-corrected chi connectivity index (χ1v) is 7.96. The van der Waals surface area contributed by atoms with Crippen molar-refractivity contribution in [1.82, 2.24) is 20.1 Å². The first kappa shape index (κ1) is 16.2. The third-order valence-corrected chi connectivity index (χ3v) is 4.08. The number of nitrogens with one attached hydrogen (secondary N) is 1. The minimum atomic E-state index is 0.0108. The number of methoxy groups -OCH3 is 1. The smallest absolute Gasteiger partial charge is 0.216 e. The molecule has 0 radical (unpaired) electrons. The van der Waals surface area contributed by atoms with Gasteiger partial charge in [-0.15, -0.1) is 0 Å². The van der Waals surface area contributed by atoms with E-state index in [1.165, 1.54) is 5.56 Å². The van der Waals surface area contributed by atoms with Gasteiger partial charge in [0, 0.05) is 19.8 Å². The molecular weight excluding hydrogens is 300 g/mol. The topological polar surface area (TPSA) is 52.0 Å². The number of benzene rings is 1. The average molecular weight is 322 g/mol. The van der Waals surface area contributed by atoms with Gasteiger partial charge < -0.3 is 10.1 Å². The Bertz CT molecular complexity index is 744. The summed E-state index contributed by atoms with van der Waals surface area (Å²) in [7, 11) is 3.57. The molecule has 0 bridgehead atoms. The van der Waals surface area contributed by atoms with Gasteiger partial charge in [0.15, 0.2) is 0 Å². The van der Waals surface area contributed by atoms with Crippen LogP contribution >= 0.6 is 0 Å². The lowest BCUT2D eigenvalue weighted by atomic mass is 10.0. The maximum Gasteiger partial charge on any atom is 0.216 e. The van der Waals surface area contributed by atoms with Crippen molar-refractivity contribution in [2.24, 2.45) is 7.05 Å². The monoisotopic (exact) mass is 322 g/mol. The van der Waals surface area contributed by atoms with Crippen LogP contribution in [-0.4, -0.2) is 21.9 Å². The van der Waals surface area contributed by atoms with Crippen molar-refractivity contribution in [2.75, 3.05) is 7.11 Å². The van der Waals surface area contributed by atoms with Gasteiger partial charge in [0.25, 0.3) is 0 Å². The quantitative estimate of drug-likeness (QED) is 0.758. The highest BCUT2D eigenvalue weighted by Crippen LogP contribution is 2.24. The minimum Gasteiger partial charge on any atom is -0.481 e. The number of rotatable bonds is 6. The highest BCUT2D eigenvalue weighted by atomic mass is 16.5. The molecule has 2 aromatic heterocycles. The third kappa shape index (κ3) is 3.31. The maximum absolute atomic E-state index is 5.49. The molecule has 0 spiro atoms. The predicted molar refractivity (Wildman–Crippen MR) is 93.9 cm³/mol. The number of ether oxygens (including phenoxy) is 1. The first-order valence-electron chi connectivity index (χ1n) is 7.96. The molecule has 0 saturated carbocycles. The fourth-order valence-electron chi connectivity index (χ4n) is 2.93. The van der Waals surface area contributed by atoms with Crippen molar-refractivity contribution in [3.63, 3.8) is 0 Å². The molecular formula is C19H22N4O. The van der Waals surface area contributed by atoms with Crippen LogP contribution in [0.1, 0.15) is 28.6 Å². The lowest BCUT2D eigenvalue weighted by Gasteiger charge is -2.19. The predicted octanol–water partition coefficient (Wildman–Crippen LogP) is 3.01. The average Bonchev–Trinajstić information content (AvgIpc) is 2.90. The molecule has 0 aliphatic carbocycles. The van der Waals surface area contributed by atoms with Gasteiger partial charge >= 0.3 is 0 Å². The molecule has 3 aromatic rings. The van der Waals surface area contributed by atoms with E-state index in [1.54, 1.807) is 11.8 Å². The Balaban J connectivity index is 1.89. The Kier molecular flexibility index (Phi) is 4.91. The maximum atomic E-state index is 5.49. The zero-order valence-electron chi connectivity index (χ0n) is 14.2. The largest absolute Gasteiger partial charge is 0.481 e. The molecule has 0 aliphatic heterocycles. The van der Waals surface area contributed by atoms with Crippen molar-refractivity contribution in [3.05, 3.63) is 77.2 Å². The zero-order chi connectivity index (χ0) is 16.9. The standard InChI is InChI=1S/C19H22N4O/c1-14-16(19(24-3)23(2)22-14)13-21-18(15-9-5-4-6-10-15)17-11-7-8-12-20-17/h4-12,18,21H,13H2,1-3H3. The number of hydrogen-bond acceptors (Lipinski definition) is 4. The van der Waals surface area contributed by atoms with E-state index in [0.29, 0.717) is 6.54 Å². The Morgan fingerprint density at radius 3 is 2.54 bits per heavy atom. The summed E-state index contributed by atoms with van der Waals surface area (Å²) in [5, 5.41) is 8.04. The van der Waals surface area contributed by atoms with Crippen LogP contribution in [0, 0.1) is 6.92 Å². The Morgan fingerprint density at radius 2 is 1.88 bits per heavy atom. The number of hydrogen-bond donors (Lipinski definition) is 1. The molecule has 0 aliphatic rings. The van der Waals surface area contributed by atoms with Crippen molar-refractivity contribution >= 4 is 0 Å². The van der Waals surface area contributed by atoms with Crippen molar-refractivity contribution in [1.29, 1.82) is 0 Å². The van der Waals surface area contributed by atoms with Gasteiger partial charge in [0.2, 0.25) is 5.88 Å². The van der Waals surface area contributed by atoms with Gasteiger partial charge in [0.05, 0.1) is 30.1 Å². The summed E-state index contributed by atoms with van der Waals surface area (Å²) in [5.41, 5.74) is 4.20. The van der Waals surface area contributed by atoms with Crippen LogP contribution in [0.4, 0.5) is 0 Å². The molecule has 124 valence electrons. The summed E-state index contributed by atoms with van der Waals surface area (Å²) in [4.78, 5) is 4.52. The summed E-state index contributed by atoms with van der Waals surface area (Å²) in [6.07, 6.45) is 1.82. The van der Waals surface area contributed by atoms with Crippen LogP contribution in [0.2, 0.25) is 0 Å². The molecule has 1 aromatic carbocycles. The van der Waals surface area contributed by atoms with E-state index in [2.05, 4.69) is 27.5 Å². The number of pyridine rings is 1. The van der Waals surface area contributed by atoms with Crippen LogP contribution in [0.15, 0.2) is 54.7 Å². The zero-order valence-corrected chi connectivity index (χ0v) is 14.2. The summed E-state index contributed by atoms with van der Waals surface area (Å²) in [6.45, 7) is 2.65. The highest BCUT2D eigenvalue weighted by Gasteiger charge is 2.18. The molecule has 1 atom stereocenters. The van der Waals surface area contributed by atoms with Crippen LogP contribution in [0.25, 0.3) is 0 Å². The summed E-state index contributed by atoms with van der Waals surface area (Å²) >= 11 is 0. The summed E-state index contributed by atoms with van der Waals surface area (Å²) < 4.78 is 7.25. The van der Waals surface area contributed by atoms with E-state index in [-0.39, 0.29) is 6.04 Å². The van der Waals surface area contributed by atoms with Gasteiger partial charge in [-0.1, -0.05) is 36.4 Å². The van der Waals surface area contributed by atoms with E-state index in [4.69, 9.17) is 4.74 Å². The Morgan fingerprint density at radius 1 is 1.12 bits per heavy atom. The molecule has 0 fully saturated rings. The van der Waals surface area contributed by atoms with Crippen LogP contribution in [0.3, 0.4) is 0 Å². The fraction of sp³-hybridized carbons (Fsp3) is 0.263. The summed E-state index contributed by atoms with van der Waals surface area (Å²) in [6, 6.07) is 16.3. The molecule has 3 rings (SSSR count). The Labute approximate surface area is 142 Å². The Hall–Kier alpha value is -2.66. The number of nitrogens with zero attached hydrogens (tertiary/aromatic N) is 3. The molecule has 24 heavy (non-hydrogen) atoms. The molecule has 5 nitrogen and oxygen atoms in total. The highest BCUT2D eigenvalue weighted by molar-refractivity contribution is 5.32. The first-order chi connectivity index (χ1) is 11.7. The normalized spacial score (nSPS) is 12.1. The fourth-order valence-corrected chi connectivity index (χ4v) is 2.93. The number of aromatic nitrogens is 3. The van der Waals surface area contributed by atoms with Crippen LogP contribution in [0.5, 0.6) is 5.88 Å². The number of aryl methyl sites for hydroxylation is 2. The van der Waals surface area contributed by atoms with E-state index in [0.717, 1.165) is 22.8 Å². The van der Waals surface area contributed by atoms with Crippen LogP contribution < -0.4 is 10.1 Å². The lowest BCUT2D eigenvalue weighted by molar-refractivity contribution is 0.367. The van der Waals surface area contributed by atoms with Gasteiger partial charge in [0.1, 0.15) is 0 Å². The van der Waals surface area contributed by atoms with E-state index in [1.807, 2.05) is 56.6 Å².